The molecule has 1 aromatic carbocycles. The number of benzene rings is 1. The fourth-order valence-corrected chi connectivity index (χ4v) is 2.63. The van der Waals surface area contributed by atoms with E-state index in [2.05, 4.69) is 15.5 Å². The molecule has 9 nitrogen and oxygen atoms in total. The van der Waals surface area contributed by atoms with E-state index in [4.69, 9.17) is 11.6 Å². The maximum absolute atomic E-state index is 12.2. The summed E-state index contributed by atoms with van der Waals surface area (Å²) >= 11 is 5.85. The molecule has 0 aliphatic heterocycles. The third-order valence-corrected chi connectivity index (χ3v) is 3.92. The Balaban J connectivity index is 1.66. The number of aromatic nitrogens is 4. The lowest BCUT2D eigenvalue weighted by Gasteiger charge is -2.08. The second kappa shape index (κ2) is 7.36. The van der Waals surface area contributed by atoms with Gasteiger partial charge in [-0.25, -0.2) is 0 Å². The Morgan fingerprint density at radius 3 is 2.81 bits per heavy atom. The molecule has 0 aliphatic carbocycles. The highest BCUT2D eigenvalue weighted by Crippen LogP contribution is 2.17. The minimum atomic E-state index is -0.526. The van der Waals surface area contributed by atoms with Gasteiger partial charge in [-0.15, -0.1) is 0 Å². The summed E-state index contributed by atoms with van der Waals surface area (Å²) in [5.74, 6) is -0.328. The predicted octanol–water partition coefficient (Wildman–Crippen LogP) is 2.64. The molecule has 10 heteroatoms. The number of hydrogen-bond donors (Lipinski definition) is 1. The standard InChI is InChI=1S/C16H15ClN6O3/c1-11-15(23(25)26)7-19-22(11)10-16(24)20-14-4-2-3-12(5-14)8-21-9-13(17)6-18-21/h2-7,9H,8,10H2,1H3,(H,20,24). The Morgan fingerprint density at radius 2 is 2.15 bits per heavy atom. The van der Waals surface area contributed by atoms with Crippen LogP contribution in [0.15, 0.2) is 42.9 Å². The molecular formula is C16H15ClN6O3. The zero-order chi connectivity index (χ0) is 18.7. The molecule has 26 heavy (non-hydrogen) atoms. The van der Waals surface area contributed by atoms with Crippen molar-refractivity contribution in [1.82, 2.24) is 19.6 Å². The maximum atomic E-state index is 12.2. The van der Waals surface area contributed by atoms with E-state index in [1.54, 1.807) is 30.1 Å². The number of anilines is 1. The van der Waals surface area contributed by atoms with E-state index in [0.717, 1.165) is 11.8 Å². The zero-order valence-corrected chi connectivity index (χ0v) is 14.6. The number of nitrogens with one attached hydrogen (secondary N) is 1. The molecule has 1 N–H and O–H groups in total. The van der Waals surface area contributed by atoms with Crippen molar-refractivity contribution in [2.45, 2.75) is 20.0 Å². The van der Waals surface area contributed by atoms with Crippen LogP contribution in [0.1, 0.15) is 11.3 Å². The summed E-state index contributed by atoms with van der Waals surface area (Å²) in [6.07, 6.45) is 4.40. The summed E-state index contributed by atoms with van der Waals surface area (Å²) in [6, 6.07) is 7.31. The van der Waals surface area contributed by atoms with Crippen molar-refractivity contribution >= 4 is 28.9 Å². The van der Waals surface area contributed by atoms with Crippen LogP contribution in [0.2, 0.25) is 5.02 Å². The van der Waals surface area contributed by atoms with E-state index in [-0.39, 0.29) is 18.1 Å². The van der Waals surface area contributed by atoms with Gasteiger partial charge in [0.25, 0.3) is 0 Å². The summed E-state index contributed by atoms with van der Waals surface area (Å²) in [5, 5.41) is 22.2. The molecule has 0 spiro atoms. The molecule has 3 aromatic rings. The monoisotopic (exact) mass is 374 g/mol. The molecule has 0 saturated carbocycles. The zero-order valence-electron chi connectivity index (χ0n) is 13.8. The highest BCUT2D eigenvalue weighted by molar-refractivity contribution is 6.30. The van der Waals surface area contributed by atoms with E-state index in [0.29, 0.717) is 22.9 Å². The van der Waals surface area contributed by atoms with E-state index in [9.17, 15) is 14.9 Å². The van der Waals surface area contributed by atoms with Gasteiger partial charge in [-0.2, -0.15) is 10.2 Å². The molecule has 2 heterocycles. The molecule has 0 bridgehead atoms. The summed E-state index contributed by atoms with van der Waals surface area (Å²) in [6.45, 7) is 1.95. The first kappa shape index (κ1) is 17.6. The molecule has 0 saturated heterocycles. The topological polar surface area (TPSA) is 108 Å². The Bertz CT molecular complexity index is 965. The number of halogens is 1. The Labute approximate surface area is 153 Å². The lowest BCUT2D eigenvalue weighted by Crippen LogP contribution is -2.20. The van der Waals surface area contributed by atoms with Crippen LogP contribution < -0.4 is 5.32 Å². The summed E-state index contributed by atoms with van der Waals surface area (Å²) in [5.41, 5.74) is 1.77. The fraction of sp³-hybridized carbons (Fsp3) is 0.188. The Kier molecular flexibility index (Phi) is 4.99. The van der Waals surface area contributed by atoms with Crippen LogP contribution in [0.4, 0.5) is 11.4 Å². The lowest BCUT2D eigenvalue weighted by atomic mass is 10.2. The van der Waals surface area contributed by atoms with Crippen LogP contribution in [0.25, 0.3) is 0 Å². The molecule has 2 aromatic heterocycles. The summed E-state index contributed by atoms with van der Waals surface area (Å²) in [4.78, 5) is 22.5. The van der Waals surface area contributed by atoms with Gasteiger partial charge >= 0.3 is 5.69 Å². The molecule has 0 radical (unpaired) electrons. The molecule has 1 amide bonds. The van der Waals surface area contributed by atoms with Crippen molar-refractivity contribution in [1.29, 1.82) is 0 Å². The largest absolute Gasteiger partial charge is 0.324 e. The van der Waals surface area contributed by atoms with Gasteiger partial charge in [0.05, 0.1) is 22.7 Å². The quantitative estimate of drug-likeness (QED) is 0.527. The summed E-state index contributed by atoms with van der Waals surface area (Å²) < 4.78 is 2.98. The van der Waals surface area contributed by atoms with E-state index >= 15 is 0 Å². The third kappa shape index (κ3) is 4.06. The Morgan fingerprint density at radius 1 is 1.35 bits per heavy atom. The fourth-order valence-electron chi connectivity index (χ4n) is 2.47. The smallest absolute Gasteiger partial charge is 0.309 e. The minimum absolute atomic E-state index is 0.112. The Hall–Kier alpha value is -3.20. The number of carbonyl (C=O) groups is 1. The average molecular weight is 375 g/mol. The number of hydrogen-bond acceptors (Lipinski definition) is 5. The molecular weight excluding hydrogens is 360 g/mol. The van der Waals surface area contributed by atoms with Gasteiger partial charge in [0, 0.05) is 11.9 Å². The van der Waals surface area contributed by atoms with Gasteiger partial charge in [-0.05, 0) is 24.6 Å². The first-order valence-corrected chi connectivity index (χ1v) is 8.03. The van der Waals surface area contributed by atoms with Crippen molar-refractivity contribution in [3.05, 3.63) is 69.3 Å². The maximum Gasteiger partial charge on any atom is 0.309 e. The van der Waals surface area contributed by atoms with Crippen LogP contribution in [0.3, 0.4) is 0 Å². The van der Waals surface area contributed by atoms with Crippen LogP contribution in [-0.2, 0) is 17.9 Å². The minimum Gasteiger partial charge on any atom is -0.324 e. The third-order valence-electron chi connectivity index (χ3n) is 3.72. The lowest BCUT2D eigenvalue weighted by molar-refractivity contribution is -0.385. The predicted molar refractivity (Wildman–Crippen MR) is 95.0 cm³/mol. The SMILES string of the molecule is Cc1c([N+](=O)[O-])cnn1CC(=O)Nc1cccc(Cn2cc(Cl)cn2)c1. The van der Waals surface area contributed by atoms with Gasteiger partial charge < -0.3 is 5.32 Å². The van der Waals surface area contributed by atoms with Crippen molar-refractivity contribution in [2.75, 3.05) is 5.32 Å². The molecule has 3 rings (SSSR count). The molecule has 0 aliphatic rings. The van der Waals surface area contributed by atoms with Crippen LogP contribution in [-0.4, -0.2) is 30.4 Å². The number of rotatable bonds is 6. The first-order valence-electron chi connectivity index (χ1n) is 7.66. The first-order chi connectivity index (χ1) is 12.4. The number of carbonyl (C=O) groups excluding carboxylic acids is 1. The summed E-state index contributed by atoms with van der Waals surface area (Å²) in [7, 11) is 0. The number of nitro groups is 1. The van der Waals surface area contributed by atoms with Crippen LogP contribution in [0.5, 0.6) is 0 Å². The van der Waals surface area contributed by atoms with E-state index in [1.165, 1.54) is 4.68 Å². The molecule has 0 fully saturated rings. The van der Waals surface area contributed by atoms with Gasteiger partial charge in [0.2, 0.25) is 5.91 Å². The average Bonchev–Trinajstić information content (AvgIpc) is 3.14. The number of nitrogens with zero attached hydrogens (tertiary/aromatic N) is 5. The van der Waals surface area contributed by atoms with Crippen molar-refractivity contribution in [3.8, 4) is 0 Å². The second-order valence-electron chi connectivity index (χ2n) is 5.63. The van der Waals surface area contributed by atoms with Crippen molar-refractivity contribution < 1.29 is 9.72 Å². The highest BCUT2D eigenvalue weighted by atomic mass is 35.5. The normalized spacial score (nSPS) is 10.7. The van der Waals surface area contributed by atoms with Gasteiger partial charge in [0.1, 0.15) is 18.4 Å². The van der Waals surface area contributed by atoms with Gasteiger partial charge in [-0.3, -0.25) is 24.3 Å². The van der Waals surface area contributed by atoms with Gasteiger partial charge in [0.15, 0.2) is 0 Å². The second-order valence-corrected chi connectivity index (χ2v) is 6.07. The van der Waals surface area contributed by atoms with Gasteiger partial charge in [-0.1, -0.05) is 23.7 Å². The van der Waals surface area contributed by atoms with Crippen molar-refractivity contribution in [3.63, 3.8) is 0 Å². The van der Waals surface area contributed by atoms with Crippen LogP contribution in [0, 0.1) is 17.0 Å². The molecule has 134 valence electrons. The van der Waals surface area contributed by atoms with E-state index < -0.39 is 4.92 Å². The highest BCUT2D eigenvalue weighted by Gasteiger charge is 2.17. The number of amides is 1. The van der Waals surface area contributed by atoms with Crippen molar-refractivity contribution in [2.24, 2.45) is 0 Å². The van der Waals surface area contributed by atoms with Crippen LogP contribution >= 0.6 is 11.6 Å². The molecule has 0 atom stereocenters. The van der Waals surface area contributed by atoms with E-state index in [1.807, 2.05) is 18.2 Å². The molecule has 0 unspecified atom stereocenters.